The van der Waals surface area contributed by atoms with Gasteiger partial charge in [-0.1, -0.05) is 0 Å². The summed E-state index contributed by atoms with van der Waals surface area (Å²) in [6, 6.07) is 4.09. The van der Waals surface area contributed by atoms with Gasteiger partial charge in [0, 0.05) is 12.8 Å². The van der Waals surface area contributed by atoms with Crippen molar-refractivity contribution in [3.63, 3.8) is 0 Å². The van der Waals surface area contributed by atoms with Gasteiger partial charge in [-0.05, 0) is 26.7 Å². The second kappa shape index (κ2) is 12.5. The summed E-state index contributed by atoms with van der Waals surface area (Å²) in [7, 11) is 12.0. The Hall–Kier alpha value is -2.56. The predicted molar refractivity (Wildman–Crippen MR) is 119 cm³/mol. The third kappa shape index (κ3) is 14.4. The molecular weight excluding hydrogens is 412 g/mol. The number of likely N-dealkylation sites (N-methyl/N-ethyl adjacent to an activating group) is 2. The Morgan fingerprint density at radius 2 is 1.06 bits per heavy atom. The number of azo groups is 1. The number of ether oxygens (including phenoxy) is 2. The molecule has 0 aliphatic carbocycles. The summed E-state index contributed by atoms with van der Waals surface area (Å²) in [4.78, 5) is 23.9. The maximum absolute atomic E-state index is 12.0. The fourth-order valence-electron chi connectivity index (χ4n) is 2.18. The minimum Gasteiger partial charge on any atom is -0.460 e. The molecule has 0 amide bonds. The number of hydrogen-bond donors (Lipinski definition) is 0. The Labute approximate surface area is 192 Å². The highest BCUT2D eigenvalue weighted by atomic mass is 16.5. The van der Waals surface area contributed by atoms with Crippen LogP contribution in [0.2, 0.25) is 0 Å². The summed E-state index contributed by atoms with van der Waals surface area (Å²) in [5.41, 5.74) is -2.55. The average Bonchev–Trinajstić information content (AvgIpc) is 2.67. The Morgan fingerprint density at radius 3 is 1.31 bits per heavy atom. The number of carbonyl (C=O) groups is 2. The van der Waals surface area contributed by atoms with E-state index in [4.69, 9.17) is 9.47 Å². The summed E-state index contributed by atoms with van der Waals surface area (Å²) in [6.45, 7) is 5.05. The molecule has 0 saturated heterocycles. The summed E-state index contributed by atoms with van der Waals surface area (Å²) in [5, 5.41) is 27.1. The molecule has 0 aliphatic rings. The van der Waals surface area contributed by atoms with Gasteiger partial charge in [-0.25, -0.2) is 0 Å². The molecule has 2 unspecified atom stereocenters. The molecule has 0 aromatic carbocycles. The molecule has 2 atom stereocenters. The zero-order chi connectivity index (χ0) is 25.1. The van der Waals surface area contributed by atoms with E-state index in [1.54, 1.807) is 13.8 Å². The first-order valence-corrected chi connectivity index (χ1v) is 10.7. The molecule has 0 heterocycles. The van der Waals surface area contributed by atoms with Gasteiger partial charge in [-0.3, -0.25) is 9.59 Å². The normalized spacial score (nSPS) is 15.8. The summed E-state index contributed by atoms with van der Waals surface area (Å²) in [6.07, 6.45) is 0.264. The second-order valence-electron chi connectivity index (χ2n) is 10.4. The Balaban J connectivity index is 4.73. The molecule has 10 heteroatoms. The van der Waals surface area contributed by atoms with Crippen LogP contribution in [0.1, 0.15) is 39.5 Å². The molecule has 0 rings (SSSR count). The number of rotatable bonds is 14. The molecule has 0 aliphatic heterocycles. The lowest BCUT2D eigenvalue weighted by molar-refractivity contribution is -0.870. The van der Waals surface area contributed by atoms with Gasteiger partial charge in [0.15, 0.2) is 11.1 Å². The highest BCUT2D eigenvalue weighted by molar-refractivity contribution is 5.69. The number of hydrogen-bond acceptors (Lipinski definition) is 8. The summed E-state index contributed by atoms with van der Waals surface area (Å²) < 4.78 is 11.8. The number of quaternary nitrogens is 2. The lowest BCUT2D eigenvalue weighted by atomic mass is 9.97. The lowest BCUT2D eigenvalue weighted by Gasteiger charge is -2.23. The largest absolute Gasteiger partial charge is 0.460 e. The smallest absolute Gasteiger partial charge is 0.306 e. The SMILES string of the molecule is CC(C#N)(CCC(=O)OCC[N+](C)(C)C)N=NC(C)(C#N)CCC(=O)OCC[N+](C)(C)C. The van der Waals surface area contributed by atoms with Crippen LogP contribution in [0.25, 0.3) is 0 Å². The summed E-state index contributed by atoms with van der Waals surface area (Å²) in [5.74, 6) is -0.815. The Kier molecular flexibility index (Phi) is 11.5. The number of nitrogens with zero attached hydrogens (tertiary/aromatic N) is 6. The van der Waals surface area contributed by atoms with Crippen molar-refractivity contribution in [2.75, 3.05) is 68.6 Å². The second-order valence-corrected chi connectivity index (χ2v) is 10.4. The van der Waals surface area contributed by atoms with Crippen LogP contribution >= 0.6 is 0 Å². The van der Waals surface area contributed by atoms with E-state index in [0.717, 1.165) is 0 Å². The van der Waals surface area contributed by atoms with Crippen molar-refractivity contribution >= 4 is 11.9 Å². The van der Waals surface area contributed by atoms with Gasteiger partial charge in [-0.15, -0.1) is 0 Å². The van der Waals surface area contributed by atoms with E-state index in [1.165, 1.54) is 0 Å². The zero-order valence-corrected chi connectivity index (χ0v) is 21.0. The number of carbonyl (C=O) groups excluding carboxylic acids is 2. The van der Waals surface area contributed by atoms with Crippen LogP contribution in [0.3, 0.4) is 0 Å². The van der Waals surface area contributed by atoms with Crippen LogP contribution < -0.4 is 0 Å². The van der Waals surface area contributed by atoms with Crippen molar-refractivity contribution < 1.29 is 28.0 Å². The molecule has 0 N–H and O–H groups in total. The summed E-state index contributed by atoms with van der Waals surface area (Å²) >= 11 is 0. The fraction of sp³-hybridized carbons (Fsp3) is 0.818. The van der Waals surface area contributed by atoms with Gasteiger partial charge in [-0.2, -0.15) is 20.8 Å². The molecular formula is C22H40N6O4+2. The van der Waals surface area contributed by atoms with E-state index in [0.29, 0.717) is 35.3 Å². The van der Waals surface area contributed by atoms with E-state index < -0.39 is 23.0 Å². The van der Waals surface area contributed by atoms with Gasteiger partial charge in [0.1, 0.15) is 26.3 Å². The fourth-order valence-corrected chi connectivity index (χ4v) is 2.18. The maximum Gasteiger partial charge on any atom is 0.306 e. The molecule has 0 bridgehead atoms. The quantitative estimate of drug-likeness (QED) is 0.226. The Morgan fingerprint density at radius 1 is 0.750 bits per heavy atom. The molecule has 180 valence electrons. The molecule has 32 heavy (non-hydrogen) atoms. The van der Waals surface area contributed by atoms with Crippen LogP contribution in [0.4, 0.5) is 0 Å². The van der Waals surface area contributed by atoms with E-state index in [1.807, 2.05) is 54.4 Å². The maximum atomic E-state index is 12.0. The van der Waals surface area contributed by atoms with Gasteiger partial charge >= 0.3 is 11.9 Å². The van der Waals surface area contributed by atoms with Crippen molar-refractivity contribution in [2.24, 2.45) is 10.2 Å². The molecule has 0 radical (unpaired) electrons. The number of esters is 2. The molecule has 0 spiro atoms. The van der Waals surface area contributed by atoms with Crippen LogP contribution in [0, 0.1) is 22.7 Å². The molecule has 0 fully saturated rings. The molecule has 0 saturated carbocycles. The molecule has 0 aromatic rings. The molecule has 10 nitrogen and oxygen atoms in total. The topological polar surface area (TPSA) is 125 Å². The van der Waals surface area contributed by atoms with Crippen LogP contribution in [0.5, 0.6) is 0 Å². The highest BCUT2D eigenvalue weighted by Gasteiger charge is 2.30. The third-order valence-electron chi connectivity index (χ3n) is 4.66. The minimum absolute atomic E-state index is 0.0160. The zero-order valence-electron chi connectivity index (χ0n) is 21.0. The van der Waals surface area contributed by atoms with E-state index in [-0.39, 0.29) is 25.7 Å². The van der Waals surface area contributed by atoms with Gasteiger partial charge in [0.25, 0.3) is 0 Å². The van der Waals surface area contributed by atoms with E-state index in [2.05, 4.69) is 10.2 Å². The number of nitriles is 2. The van der Waals surface area contributed by atoms with Crippen molar-refractivity contribution in [1.82, 2.24) is 0 Å². The van der Waals surface area contributed by atoms with Crippen LogP contribution in [-0.4, -0.2) is 101 Å². The first kappa shape index (κ1) is 29.4. The van der Waals surface area contributed by atoms with E-state index in [9.17, 15) is 20.1 Å². The predicted octanol–water partition coefficient (Wildman–Crippen LogP) is 2.06. The van der Waals surface area contributed by atoms with Crippen molar-refractivity contribution in [3.05, 3.63) is 0 Å². The first-order valence-electron chi connectivity index (χ1n) is 10.7. The lowest BCUT2D eigenvalue weighted by Crippen LogP contribution is -2.38. The molecule has 0 aromatic heterocycles. The van der Waals surface area contributed by atoms with Gasteiger partial charge in [0.05, 0.1) is 54.4 Å². The van der Waals surface area contributed by atoms with Gasteiger partial charge < -0.3 is 18.4 Å². The standard InChI is InChI=1S/C22H40N6O4/c1-21(17-23,11-9-19(29)31-15-13-27(3,4)5)25-26-22(2,18-24)12-10-20(30)32-16-14-28(6,7)8/h9-16H2,1-8H3/q+2. The third-order valence-corrected chi connectivity index (χ3v) is 4.66. The van der Waals surface area contributed by atoms with Crippen LogP contribution in [-0.2, 0) is 19.1 Å². The average molecular weight is 453 g/mol. The van der Waals surface area contributed by atoms with Gasteiger partial charge in [0.2, 0.25) is 0 Å². The minimum atomic E-state index is -1.28. The first-order chi connectivity index (χ1) is 14.5. The van der Waals surface area contributed by atoms with Crippen LogP contribution in [0.15, 0.2) is 10.2 Å². The van der Waals surface area contributed by atoms with Crippen molar-refractivity contribution in [2.45, 2.75) is 50.6 Å². The van der Waals surface area contributed by atoms with Crippen molar-refractivity contribution in [3.8, 4) is 12.1 Å². The van der Waals surface area contributed by atoms with E-state index >= 15 is 0 Å². The van der Waals surface area contributed by atoms with Crippen molar-refractivity contribution in [1.29, 1.82) is 10.5 Å². The highest BCUT2D eigenvalue weighted by Crippen LogP contribution is 2.23. The monoisotopic (exact) mass is 452 g/mol. The Bertz CT molecular complexity index is 679.